The summed E-state index contributed by atoms with van der Waals surface area (Å²) in [6.07, 6.45) is -0.0639. The summed E-state index contributed by atoms with van der Waals surface area (Å²) >= 11 is 0. The number of hydrazine groups is 1. The molecule has 24 heavy (non-hydrogen) atoms. The van der Waals surface area contributed by atoms with Crippen LogP contribution in [0.25, 0.3) is 0 Å². The first kappa shape index (κ1) is 16.2. The maximum absolute atomic E-state index is 12.6. The third-order valence-electron chi connectivity index (χ3n) is 3.79. The van der Waals surface area contributed by atoms with Gasteiger partial charge < -0.3 is 0 Å². The van der Waals surface area contributed by atoms with Crippen LogP contribution in [0.1, 0.15) is 12.0 Å². The van der Waals surface area contributed by atoms with E-state index in [0.29, 0.717) is 0 Å². The maximum Gasteiger partial charge on any atom is 0.245 e. The summed E-state index contributed by atoms with van der Waals surface area (Å²) < 4.78 is 25.1. The molecule has 1 saturated heterocycles. The Bertz CT molecular complexity index is 851. The summed E-state index contributed by atoms with van der Waals surface area (Å²) in [5, 5.41) is -0.153. The highest BCUT2D eigenvalue weighted by Gasteiger charge is 2.46. The summed E-state index contributed by atoms with van der Waals surface area (Å²) in [5.74, 6) is -0.844. The smallest absolute Gasteiger partial charge is 0.245 e. The largest absolute Gasteiger partial charge is 0.273 e. The molecule has 124 valence electrons. The molecule has 0 aliphatic carbocycles. The van der Waals surface area contributed by atoms with Crippen molar-refractivity contribution in [3.8, 4) is 0 Å². The third-order valence-corrected chi connectivity index (χ3v) is 5.81. The Balaban J connectivity index is 1.71. The summed E-state index contributed by atoms with van der Waals surface area (Å²) in [4.78, 5) is 24.0. The minimum absolute atomic E-state index is 0.0721. The fraction of sp³-hybridized carbons (Fsp3) is 0.176. The molecule has 0 bridgehead atoms. The van der Waals surface area contributed by atoms with E-state index in [2.05, 4.69) is 5.43 Å². The second-order valence-corrected chi connectivity index (χ2v) is 7.58. The molecule has 7 heteroatoms. The molecule has 2 aromatic carbocycles. The number of hydrogen-bond donors (Lipinski definition) is 1. The van der Waals surface area contributed by atoms with Crippen LogP contribution in [-0.2, 0) is 25.8 Å². The van der Waals surface area contributed by atoms with Crippen molar-refractivity contribution in [3.63, 3.8) is 0 Å². The number of carbonyl (C=O) groups is 2. The summed E-state index contributed by atoms with van der Waals surface area (Å²) in [7, 11) is -3.71. The highest BCUT2D eigenvalue weighted by molar-refractivity contribution is 7.92. The molecule has 2 amide bonds. The zero-order valence-corrected chi connectivity index (χ0v) is 13.6. The molecule has 0 spiro atoms. The van der Waals surface area contributed by atoms with Crippen LogP contribution in [0.2, 0.25) is 0 Å². The number of nitrogens with zero attached hydrogens (tertiary/aromatic N) is 1. The number of sulfone groups is 1. The van der Waals surface area contributed by atoms with Crippen LogP contribution in [0.3, 0.4) is 0 Å². The van der Waals surface area contributed by atoms with Crippen LogP contribution in [0, 0.1) is 0 Å². The topological polar surface area (TPSA) is 83.6 Å². The van der Waals surface area contributed by atoms with Gasteiger partial charge in [0.05, 0.1) is 17.7 Å². The van der Waals surface area contributed by atoms with Crippen molar-refractivity contribution < 1.29 is 18.0 Å². The van der Waals surface area contributed by atoms with Crippen molar-refractivity contribution in [2.45, 2.75) is 23.1 Å². The normalized spacial score (nSPS) is 17.2. The van der Waals surface area contributed by atoms with E-state index in [9.17, 15) is 18.0 Å². The van der Waals surface area contributed by atoms with Gasteiger partial charge in [0.2, 0.25) is 21.7 Å². The van der Waals surface area contributed by atoms with Gasteiger partial charge in [0.25, 0.3) is 0 Å². The predicted octanol–water partition coefficient (Wildman–Crippen LogP) is 1.29. The lowest BCUT2D eigenvalue weighted by molar-refractivity contribution is -0.152. The van der Waals surface area contributed by atoms with Crippen molar-refractivity contribution in [3.05, 3.63) is 66.2 Å². The van der Waals surface area contributed by atoms with Crippen LogP contribution >= 0.6 is 0 Å². The highest BCUT2D eigenvalue weighted by Crippen LogP contribution is 2.27. The number of hydrogen-bond acceptors (Lipinski definition) is 4. The minimum atomic E-state index is -3.71. The van der Waals surface area contributed by atoms with E-state index in [-0.39, 0.29) is 17.7 Å². The number of β-lactam (4-membered cyclic amide) rings is 1. The third kappa shape index (κ3) is 3.16. The first-order valence-corrected chi connectivity index (χ1v) is 8.97. The molecule has 2 aromatic rings. The fourth-order valence-electron chi connectivity index (χ4n) is 2.49. The van der Waals surface area contributed by atoms with Crippen LogP contribution in [-0.4, -0.2) is 30.6 Å². The second kappa shape index (κ2) is 6.45. The van der Waals surface area contributed by atoms with Crippen LogP contribution in [0.4, 0.5) is 0 Å². The minimum Gasteiger partial charge on any atom is -0.273 e. The average molecular weight is 344 g/mol. The van der Waals surface area contributed by atoms with Gasteiger partial charge >= 0.3 is 0 Å². The number of amides is 2. The summed E-state index contributed by atoms with van der Waals surface area (Å²) in [5.41, 5.74) is 3.19. The molecule has 0 saturated carbocycles. The lowest BCUT2D eigenvalue weighted by Gasteiger charge is -2.39. The summed E-state index contributed by atoms with van der Waals surface area (Å²) in [6.45, 7) is 0. The van der Waals surface area contributed by atoms with Gasteiger partial charge in [-0.3, -0.25) is 15.0 Å². The summed E-state index contributed by atoms with van der Waals surface area (Å²) in [6, 6.07) is 16.9. The molecule has 1 fully saturated rings. The molecule has 1 heterocycles. The van der Waals surface area contributed by atoms with E-state index < -0.39 is 27.0 Å². The lowest BCUT2D eigenvalue weighted by Crippen LogP contribution is -2.63. The van der Waals surface area contributed by atoms with Gasteiger partial charge in [0, 0.05) is 0 Å². The Kier molecular flexibility index (Phi) is 4.35. The first-order valence-electron chi connectivity index (χ1n) is 7.43. The molecule has 1 atom stereocenters. The Morgan fingerprint density at radius 1 is 1.04 bits per heavy atom. The van der Waals surface area contributed by atoms with Gasteiger partial charge in [-0.25, -0.2) is 13.4 Å². The molecule has 6 nitrogen and oxygen atoms in total. The molecule has 1 N–H and O–H groups in total. The van der Waals surface area contributed by atoms with Gasteiger partial charge in [-0.15, -0.1) is 0 Å². The first-order chi connectivity index (χ1) is 11.5. The molecule has 1 aliphatic heterocycles. The van der Waals surface area contributed by atoms with Gasteiger partial charge in [-0.2, -0.15) is 0 Å². The number of benzene rings is 2. The molecule has 0 radical (unpaired) electrons. The van der Waals surface area contributed by atoms with E-state index in [0.717, 1.165) is 10.6 Å². The van der Waals surface area contributed by atoms with Crippen molar-refractivity contribution in [1.29, 1.82) is 0 Å². The molecular formula is C17H16N2O4S. The van der Waals surface area contributed by atoms with Gasteiger partial charge in [-0.05, 0) is 17.7 Å². The predicted molar refractivity (Wildman–Crippen MR) is 87.2 cm³/mol. The van der Waals surface area contributed by atoms with Crippen LogP contribution in [0.15, 0.2) is 65.6 Å². The molecule has 3 rings (SSSR count). The molecule has 1 unspecified atom stereocenters. The van der Waals surface area contributed by atoms with Crippen molar-refractivity contribution in [2.75, 3.05) is 0 Å². The Morgan fingerprint density at radius 2 is 1.62 bits per heavy atom. The van der Waals surface area contributed by atoms with Crippen molar-refractivity contribution >= 4 is 21.7 Å². The van der Waals surface area contributed by atoms with Crippen LogP contribution < -0.4 is 5.43 Å². The Morgan fingerprint density at radius 3 is 2.21 bits per heavy atom. The number of carbonyl (C=O) groups excluding carboxylic acids is 2. The van der Waals surface area contributed by atoms with E-state index >= 15 is 0 Å². The van der Waals surface area contributed by atoms with Gasteiger partial charge in [-0.1, -0.05) is 48.5 Å². The van der Waals surface area contributed by atoms with E-state index in [4.69, 9.17) is 0 Å². The number of rotatable bonds is 5. The van der Waals surface area contributed by atoms with E-state index in [1.165, 1.54) is 12.1 Å². The highest BCUT2D eigenvalue weighted by atomic mass is 32.2. The standard InChI is InChI=1S/C17H16N2O4S/c20-15(11-13-7-3-1-4-8-13)18-19-16(21)12-17(19)24(22,23)14-9-5-2-6-10-14/h1-10,17H,11-12H2,(H,18,20). The SMILES string of the molecule is O=C(Cc1ccccc1)NN1C(=O)CC1S(=O)(=O)c1ccccc1. The zero-order chi connectivity index (χ0) is 17.2. The zero-order valence-electron chi connectivity index (χ0n) is 12.8. The Labute approximate surface area is 140 Å². The second-order valence-electron chi connectivity index (χ2n) is 5.48. The van der Waals surface area contributed by atoms with Crippen molar-refractivity contribution in [2.24, 2.45) is 0 Å². The van der Waals surface area contributed by atoms with Crippen LogP contribution in [0.5, 0.6) is 0 Å². The fourth-order valence-corrected chi connectivity index (χ4v) is 4.15. The lowest BCUT2D eigenvalue weighted by atomic mass is 10.1. The number of nitrogens with one attached hydrogen (secondary N) is 1. The van der Waals surface area contributed by atoms with E-state index in [1.807, 2.05) is 6.07 Å². The molecule has 1 aliphatic rings. The maximum atomic E-state index is 12.6. The van der Waals surface area contributed by atoms with Gasteiger partial charge in [0.1, 0.15) is 0 Å². The monoisotopic (exact) mass is 344 g/mol. The Hall–Kier alpha value is -2.67. The van der Waals surface area contributed by atoms with E-state index in [1.54, 1.807) is 42.5 Å². The quantitative estimate of drug-likeness (QED) is 0.829. The average Bonchev–Trinajstić information content (AvgIpc) is 2.59. The molecular weight excluding hydrogens is 328 g/mol. The van der Waals surface area contributed by atoms with Crippen molar-refractivity contribution in [1.82, 2.24) is 10.4 Å². The van der Waals surface area contributed by atoms with Gasteiger partial charge in [0.15, 0.2) is 5.37 Å². The molecule has 0 aromatic heterocycles.